The van der Waals surface area contributed by atoms with Gasteiger partial charge in [-0.25, -0.2) is 0 Å². The molecule has 1 heterocycles. The molecule has 0 aliphatic carbocycles. The molecule has 0 saturated carbocycles. The Kier molecular flexibility index (Phi) is 4.37. The van der Waals surface area contributed by atoms with Crippen LogP contribution in [0.4, 0.5) is 0 Å². The maximum absolute atomic E-state index is 3.52. The van der Waals surface area contributed by atoms with E-state index >= 15 is 0 Å². The minimum Gasteiger partial charge on any atom is -0.313 e. The first-order chi connectivity index (χ1) is 8.19. The lowest BCUT2D eigenvalue weighted by Crippen LogP contribution is -2.18. The number of hydrogen-bond acceptors (Lipinski definition) is 2. The molecule has 1 N–H and O–H groups in total. The van der Waals surface area contributed by atoms with Crippen LogP contribution in [0.2, 0.25) is 0 Å². The van der Waals surface area contributed by atoms with Crippen LogP contribution in [0.15, 0.2) is 39.5 Å². The van der Waals surface area contributed by atoms with Crippen molar-refractivity contribution in [3.05, 3.63) is 56.2 Å². The molecule has 17 heavy (non-hydrogen) atoms. The molecule has 3 heteroatoms. The van der Waals surface area contributed by atoms with Crippen molar-refractivity contribution in [2.24, 2.45) is 0 Å². The second-order valence-electron chi connectivity index (χ2n) is 4.22. The summed E-state index contributed by atoms with van der Waals surface area (Å²) < 4.78 is 1.19. The zero-order valence-corrected chi connectivity index (χ0v) is 12.4. The number of thiophene rings is 1. The van der Waals surface area contributed by atoms with Gasteiger partial charge in [-0.2, -0.15) is 0 Å². The van der Waals surface area contributed by atoms with E-state index in [0.717, 1.165) is 6.42 Å². The minimum atomic E-state index is 0.388. The molecule has 0 radical (unpaired) electrons. The molecule has 0 amide bonds. The SMILES string of the molecule is CNC(Cc1cccc(C)c1)c1csc(Br)c1. The van der Waals surface area contributed by atoms with Gasteiger partial charge in [0.05, 0.1) is 3.79 Å². The summed E-state index contributed by atoms with van der Waals surface area (Å²) in [5, 5.41) is 5.59. The van der Waals surface area contributed by atoms with Crippen molar-refractivity contribution >= 4 is 27.3 Å². The lowest BCUT2D eigenvalue weighted by atomic mass is 10.0. The molecular weight excluding hydrogens is 294 g/mol. The number of likely N-dealkylation sites (N-methyl/N-ethyl adjacent to an activating group) is 1. The highest BCUT2D eigenvalue weighted by atomic mass is 79.9. The van der Waals surface area contributed by atoms with E-state index in [1.54, 1.807) is 11.3 Å². The summed E-state index contributed by atoms with van der Waals surface area (Å²) in [6.45, 7) is 2.14. The fourth-order valence-electron chi connectivity index (χ4n) is 1.97. The van der Waals surface area contributed by atoms with E-state index < -0.39 is 0 Å². The molecule has 0 bridgehead atoms. The maximum atomic E-state index is 3.52. The Hall–Kier alpha value is -0.640. The van der Waals surface area contributed by atoms with Gasteiger partial charge in [0, 0.05) is 6.04 Å². The molecule has 0 saturated heterocycles. The predicted octanol–water partition coefficient (Wildman–Crippen LogP) is 4.32. The van der Waals surface area contributed by atoms with Crippen LogP contribution in [0.1, 0.15) is 22.7 Å². The number of hydrogen-bond donors (Lipinski definition) is 1. The standard InChI is InChI=1S/C14H16BrNS/c1-10-4-3-5-11(6-10)7-13(16-2)12-8-14(15)17-9-12/h3-6,8-9,13,16H,7H2,1-2H3. The van der Waals surface area contributed by atoms with Crippen LogP contribution >= 0.6 is 27.3 Å². The second kappa shape index (κ2) is 5.80. The van der Waals surface area contributed by atoms with E-state index in [-0.39, 0.29) is 0 Å². The van der Waals surface area contributed by atoms with E-state index in [1.165, 1.54) is 20.5 Å². The van der Waals surface area contributed by atoms with Crippen molar-refractivity contribution in [2.45, 2.75) is 19.4 Å². The minimum absolute atomic E-state index is 0.388. The first kappa shape index (κ1) is 12.8. The van der Waals surface area contributed by atoms with Gasteiger partial charge in [0.25, 0.3) is 0 Å². The number of nitrogens with one attached hydrogen (secondary N) is 1. The monoisotopic (exact) mass is 309 g/mol. The lowest BCUT2D eigenvalue weighted by Gasteiger charge is -2.15. The van der Waals surface area contributed by atoms with Crippen LogP contribution in [0.3, 0.4) is 0 Å². The van der Waals surface area contributed by atoms with Crippen molar-refractivity contribution < 1.29 is 0 Å². The molecule has 1 nitrogen and oxygen atoms in total. The normalized spacial score (nSPS) is 12.6. The molecule has 2 aromatic rings. The number of aryl methyl sites for hydroxylation is 1. The average Bonchev–Trinajstić information content (AvgIpc) is 2.73. The quantitative estimate of drug-likeness (QED) is 0.886. The van der Waals surface area contributed by atoms with Crippen LogP contribution < -0.4 is 5.32 Å². The second-order valence-corrected chi connectivity index (χ2v) is 6.51. The van der Waals surface area contributed by atoms with Gasteiger partial charge in [-0.05, 0) is 58.9 Å². The van der Waals surface area contributed by atoms with Crippen LogP contribution in [0, 0.1) is 6.92 Å². The summed E-state index contributed by atoms with van der Waals surface area (Å²) in [5.41, 5.74) is 4.06. The van der Waals surface area contributed by atoms with E-state index in [0.29, 0.717) is 6.04 Å². The molecule has 2 rings (SSSR count). The average molecular weight is 310 g/mol. The molecule has 0 aliphatic heterocycles. The fourth-order valence-corrected chi connectivity index (χ4v) is 3.20. The molecule has 1 atom stereocenters. The van der Waals surface area contributed by atoms with Gasteiger partial charge in [0.1, 0.15) is 0 Å². The zero-order chi connectivity index (χ0) is 12.3. The highest BCUT2D eigenvalue weighted by Gasteiger charge is 2.11. The van der Waals surface area contributed by atoms with Crippen LogP contribution in [0.5, 0.6) is 0 Å². The Morgan fingerprint density at radius 2 is 2.18 bits per heavy atom. The molecule has 1 unspecified atom stereocenters. The van der Waals surface area contributed by atoms with Crippen molar-refractivity contribution in [3.8, 4) is 0 Å². The Labute approximate surface area is 115 Å². The van der Waals surface area contributed by atoms with Crippen LogP contribution in [-0.2, 0) is 6.42 Å². The van der Waals surface area contributed by atoms with Gasteiger partial charge >= 0.3 is 0 Å². The van der Waals surface area contributed by atoms with Crippen molar-refractivity contribution in [3.63, 3.8) is 0 Å². The molecular formula is C14H16BrNS. The summed E-state index contributed by atoms with van der Waals surface area (Å²) in [7, 11) is 2.02. The third kappa shape index (κ3) is 3.41. The van der Waals surface area contributed by atoms with Gasteiger partial charge in [-0.1, -0.05) is 29.8 Å². The highest BCUT2D eigenvalue weighted by Crippen LogP contribution is 2.27. The lowest BCUT2D eigenvalue weighted by molar-refractivity contribution is 0.593. The Bertz CT molecular complexity index is 492. The van der Waals surface area contributed by atoms with E-state index in [4.69, 9.17) is 0 Å². The van der Waals surface area contributed by atoms with Crippen molar-refractivity contribution in [2.75, 3.05) is 7.05 Å². The number of rotatable bonds is 4. The van der Waals surface area contributed by atoms with Gasteiger partial charge in [-0.15, -0.1) is 11.3 Å². The van der Waals surface area contributed by atoms with Gasteiger partial charge in [0.2, 0.25) is 0 Å². The number of halogens is 1. The smallest absolute Gasteiger partial charge is 0.0701 e. The zero-order valence-electron chi connectivity index (χ0n) is 10.0. The summed E-state index contributed by atoms with van der Waals surface area (Å²) in [6.07, 6.45) is 1.03. The van der Waals surface area contributed by atoms with Crippen molar-refractivity contribution in [1.29, 1.82) is 0 Å². The summed E-state index contributed by atoms with van der Waals surface area (Å²) in [4.78, 5) is 0. The molecule has 90 valence electrons. The molecule has 1 aromatic heterocycles. The van der Waals surface area contributed by atoms with Gasteiger partial charge in [-0.3, -0.25) is 0 Å². The molecule has 0 fully saturated rings. The third-order valence-corrected chi connectivity index (χ3v) is 4.38. The number of benzene rings is 1. The molecule has 1 aromatic carbocycles. The van der Waals surface area contributed by atoms with Gasteiger partial charge < -0.3 is 5.32 Å². The van der Waals surface area contributed by atoms with E-state index in [2.05, 4.69) is 63.9 Å². The Balaban J connectivity index is 2.15. The van der Waals surface area contributed by atoms with E-state index in [1.807, 2.05) is 7.05 Å². The largest absolute Gasteiger partial charge is 0.313 e. The summed E-state index contributed by atoms with van der Waals surface area (Å²) in [5.74, 6) is 0. The summed E-state index contributed by atoms with van der Waals surface area (Å²) in [6, 6.07) is 11.3. The topological polar surface area (TPSA) is 12.0 Å². The Morgan fingerprint density at radius 1 is 1.35 bits per heavy atom. The van der Waals surface area contributed by atoms with Crippen molar-refractivity contribution in [1.82, 2.24) is 5.32 Å². The molecule has 0 spiro atoms. The first-order valence-electron chi connectivity index (χ1n) is 5.66. The Morgan fingerprint density at radius 3 is 2.76 bits per heavy atom. The first-order valence-corrected chi connectivity index (χ1v) is 7.33. The predicted molar refractivity (Wildman–Crippen MR) is 78.7 cm³/mol. The fraction of sp³-hybridized carbons (Fsp3) is 0.286. The molecule has 0 aliphatic rings. The van der Waals surface area contributed by atoms with Gasteiger partial charge in [0.15, 0.2) is 0 Å². The van der Waals surface area contributed by atoms with E-state index in [9.17, 15) is 0 Å². The summed E-state index contributed by atoms with van der Waals surface area (Å²) >= 11 is 5.26. The maximum Gasteiger partial charge on any atom is 0.0701 e. The van der Waals surface area contributed by atoms with Crippen LogP contribution in [-0.4, -0.2) is 7.05 Å². The third-order valence-electron chi connectivity index (χ3n) is 2.86. The van der Waals surface area contributed by atoms with Crippen LogP contribution in [0.25, 0.3) is 0 Å². The highest BCUT2D eigenvalue weighted by molar-refractivity contribution is 9.11.